The van der Waals surface area contributed by atoms with Crippen LogP contribution in [0.1, 0.15) is 18.1 Å². The van der Waals surface area contributed by atoms with E-state index in [0.29, 0.717) is 49.1 Å². The Morgan fingerprint density at radius 1 is 1.03 bits per heavy atom. The maximum absolute atomic E-state index is 13.8. The Bertz CT molecular complexity index is 1080. The number of hydrogen-bond donors (Lipinski definition) is 0. The Morgan fingerprint density at radius 3 is 2.31 bits per heavy atom. The lowest BCUT2D eigenvalue weighted by Gasteiger charge is -2.30. The summed E-state index contributed by atoms with van der Waals surface area (Å²) in [6, 6.07) is 17.8. The molecule has 1 aliphatic heterocycles. The van der Waals surface area contributed by atoms with Crippen molar-refractivity contribution in [3.63, 3.8) is 0 Å². The number of rotatable bonds is 4. The van der Waals surface area contributed by atoms with Crippen LogP contribution in [0.25, 0.3) is 22.6 Å². The number of allylic oxidation sites excluding steroid dienone is 1. The van der Waals surface area contributed by atoms with Gasteiger partial charge in [0.15, 0.2) is 0 Å². The smallest absolute Gasteiger partial charge is 0.268 e. The van der Waals surface area contributed by atoms with Crippen LogP contribution in [-0.2, 0) is 4.74 Å². The first-order valence-electron chi connectivity index (χ1n) is 9.84. The summed E-state index contributed by atoms with van der Waals surface area (Å²) in [7, 11) is 0. The van der Waals surface area contributed by atoms with E-state index in [2.05, 4.69) is 11.5 Å². The zero-order valence-electron chi connectivity index (χ0n) is 16.9. The molecule has 2 aromatic carbocycles. The normalized spacial score (nSPS) is 14.1. The molecule has 0 radical (unpaired) electrons. The molecule has 0 amide bonds. The summed E-state index contributed by atoms with van der Waals surface area (Å²) in [6.45, 7) is 10.6. The second kappa shape index (κ2) is 8.05. The van der Waals surface area contributed by atoms with Crippen molar-refractivity contribution in [3.05, 3.63) is 82.7 Å². The van der Waals surface area contributed by atoms with Crippen LogP contribution < -0.4 is 10.5 Å². The molecule has 0 atom stereocenters. The van der Waals surface area contributed by atoms with Crippen LogP contribution in [0.2, 0.25) is 0 Å². The highest BCUT2D eigenvalue weighted by Crippen LogP contribution is 2.28. The fraction of sp³-hybridized carbons (Fsp3) is 0.250. The number of aromatic nitrogens is 2. The van der Waals surface area contributed by atoms with E-state index in [9.17, 15) is 4.79 Å². The average molecular weight is 387 g/mol. The largest absolute Gasteiger partial charge is 0.378 e. The van der Waals surface area contributed by atoms with Gasteiger partial charge < -0.3 is 9.64 Å². The van der Waals surface area contributed by atoms with Crippen LogP contribution in [0, 0.1) is 6.92 Å². The molecule has 148 valence electrons. The molecule has 1 aromatic heterocycles. The fourth-order valence-corrected chi connectivity index (χ4v) is 3.60. The molecule has 3 aromatic rings. The minimum Gasteiger partial charge on any atom is -0.378 e. The van der Waals surface area contributed by atoms with Gasteiger partial charge in [0.2, 0.25) is 0 Å². The Kier molecular flexibility index (Phi) is 5.32. The third kappa shape index (κ3) is 3.74. The minimum atomic E-state index is -0.100. The van der Waals surface area contributed by atoms with Crippen LogP contribution in [0.4, 0.5) is 5.82 Å². The molecule has 2 heterocycles. The van der Waals surface area contributed by atoms with Gasteiger partial charge in [-0.25, -0.2) is 4.98 Å². The first-order valence-corrected chi connectivity index (χ1v) is 9.84. The van der Waals surface area contributed by atoms with E-state index in [1.165, 1.54) is 0 Å². The number of benzene rings is 2. The summed E-state index contributed by atoms with van der Waals surface area (Å²) >= 11 is 0. The summed E-state index contributed by atoms with van der Waals surface area (Å²) in [5.74, 6) is 1.32. The van der Waals surface area contributed by atoms with E-state index >= 15 is 0 Å². The average Bonchev–Trinajstić information content (AvgIpc) is 2.75. The van der Waals surface area contributed by atoms with Gasteiger partial charge in [-0.15, -0.1) is 0 Å². The molecule has 5 nitrogen and oxygen atoms in total. The van der Waals surface area contributed by atoms with Crippen molar-refractivity contribution in [2.24, 2.45) is 0 Å². The molecule has 0 spiro atoms. The molecule has 0 bridgehead atoms. The molecule has 0 N–H and O–H groups in total. The Morgan fingerprint density at radius 2 is 1.69 bits per heavy atom. The molecule has 1 fully saturated rings. The maximum atomic E-state index is 13.8. The Balaban J connectivity index is 2.03. The van der Waals surface area contributed by atoms with Gasteiger partial charge in [-0.1, -0.05) is 54.6 Å². The van der Waals surface area contributed by atoms with Gasteiger partial charge in [-0.05, 0) is 31.6 Å². The van der Waals surface area contributed by atoms with Crippen molar-refractivity contribution in [3.8, 4) is 17.1 Å². The maximum Gasteiger partial charge on any atom is 0.268 e. The zero-order valence-corrected chi connectivity index (χ0v) is 16.9. The van der Waals surface area contributed by atoms with Gasteiger partial charge >= 0.3 is 0 Å². The second-order valence-electron chi connectivity index (χ2n) is 7.36. The molecule has 1 aliphatic rings. The number of anilines is 1. The van der Waals surface area contributed by atoms with Crippen LogP contribution in [-0.4, -0.2) is 35.9 Å². The molecule has 0 unspecified atom stereocenters. The van der Waals surface area contributed by atoms with E-state index < -0.39 is 0 Å². The zero-order chi connectivity index (χ0) is 20.4. The standard InChI is InChI=1S/C24H25N3O2/c1-17(2)21-23(26-13-15-29-16-14-26)25-22(19-7-5-4-6-8-19)27(24(21)28)20-11-9-18(3)10-12-20/h4-12H,1,13-16H2,2-3H3. The summed E-state index contributed by atoms with van der Waals surface area (Å²) < 4.78 is 7.19. The third-order valence-corrected chi connectivity index (χ3v) is 5.13. The lowest BCUT2D eigenvalue weighted by Crippen LogP contribution is -2.39. The molecule has 5 heteroatoms. The summed E-state index contributed by atoms with van der Waals surface area (Å²) in [6.07, 6.45) is 0. The van der Waals surface area contributed by atoms with Crippen molar-refractivity contribution < 1.29 is 4.74 Å². The quantitative estimate of drug-likeness (QED) is 0.677. The first kappa shape index (κ1) is 19.2. The summed E-state index contributed by atoms with van der Waals surface area (Å²) in [5.41, 5.74) is 4.00. The number of morpholine rings is 1. The third-order valence-electron chi connectivity index (χ3n) is 5.13. The van der Waals surface area contributed by atoms with Gasteiger partial charge in [0.05, 0.1) is 24.5 Å². The Labute approximate surface area is 170 Å². The lowest BCUT2D eigenvalue weighted by atomic mass is 10.1. The van der Waals surface area contributed by atoms with Gasteiger partial charge in [-0.3, -0.25) is 9.36 Å². The van der Waals surface area contributed by atoms with Crippen molar-refractivity contribution >= 4 is 11.4 Å². The van der Waals surface area contributed by atoms with Crippen LogP contribution in [0.15, 0.2) is 66.0 Å². The van der Waals surface area contributed by atoms with Crippen molar-refractivity contribution in [2.75, 3.05) is 31.2 Å². The molecule has 0 saturated carbocycles. The summed E-state index contributed by atoms with van der Waals surface area (Å²) in [4.78, 5) is 20.9. The highest BCUT2D eigenvalue weighted by atomic mass is 16.5. The van der Waals surface area contributed by atoms with Gasteiger partial charge in [0.1, 0.15) is 11.6 Å². The Hall–Kier alpha value is -3.18. The SMILES string of the molecule is C=C(C)c1c(N2CCOCC2)nc(-c2ccccc2)n(-c2ccc(C)cc2)c1=O. The van der Waals surface area contributed by atoms with Gasteiger partial charge in [-0.2, -0.15) is 0 Å². The summed E-state index contributed by atoms with van der Waals surface area (Å²) in [5, 5.41) is 0. The molecule has 1 saturated heterocycles. The van der Waals surface area contributed by atoms with E-state index in [1.54, 1.807) is 4.57 Å². The van der Waals surface area contributed by atoms with E-state index in [4.69, 9.17) is 9.72 Å². The van der Waals surface area contributed by atoms with E-state index in [1.807, 2.05) is 68.4 Å². The highest BCUT2D eigenvalue weighted by Gasteiger charge is 2.24. The first-order chi connectivity index (χ1) is 14.1. The second-order valence-corrected chi connectivity index (χ2v) is 7.36. The van der Waals surface area contributed by atoms with E-state index in [0.717, 1.165) is 16.8 Å². The molecule has 0 aliphatic carbocycles. The molecule has 29 heavy (non-hydrogen) atoms. The number of nitrogens with zero attached hydrogens (tertiary/aromatic N) is 3. The predicted octanol–water partition coefficient (Wildman–Crippen LogP) is 4.08. The van der Waals surface area contributed by atoms with Crippen molar-refractivity contribution in [1.29, 1.82) is 0 Å². The number of hydrogen-bond acceptors (Lipinski definition) is 4. The van der Waals surface area contributed by atoms with Gasteiger partial charge in [0.25, 0.3) is 5.56 Å². The predicted molar refractivity (Wildman–Crippen MR) is 118 cm³/mol. The monoisotopic (exact) mass is 387 g/mol. The van der Waals surface area contributed by atoms with Gasteiger partial charge in [0, 0.05) is 18.7 Å². The van der Waals surface area contributed by atoms with Crippen LogP contribution >= 0.6 is 0 Å². The minimum absolute atomic E-state index is 0.100. The lowest BCUT2D eigenvalue weighted by molar-refractivity contribution is 0.122. The highest BCUT2D eigenvalue weighted by molar-refractivity contribution is 5.74. The molecule has 4 rings (SSSR count). The van der Waals surface area contributed by atoms with Crippen molar-refractivity contribution in [1.82, 2.24) is 9.55 Å². The number of aryl methyl sites for hydroxylation is 1. The van der Waals surface area contributed by atoms with Crippen LogP contribution in [0.3, 0.4) is 0 Å². The molecular weight excluding hydrogens is 362 g/mol. The van der Waals surface area contributed by atoms with E-state index in [-0.39, 0.29) is 5.56 Å². The van der Waals surface area contributed by atoms with Crippen molar-refractivity contribution in [2.45, 2.75) is 13.8 Å². The molecular formula is C24H25N3O2. The number of ether oxygens (including phenoxy) is 1. The topological polar surface area (TPSA) is 47.4 Å². The fourth-order valence-electron chi connectivity index (χ4n) is 3.60. The van der Waals surface area contributed by atoms with Crippen LogP contribution in [0.5, 0.6) is 0 Å².